The van der Waals surface area contributed by atoms with Crippen LogP contribution in [0.2, 0.25) is 0 Å². The van der Waals surface area contributed by atoms with E-state index in [1.54, 1.807) is 0 Å². The van der Waals surface area contributed by atoms with Gasteiger partial charge in [0.15, 0.2) is 0 Å². The number of hydrogen-bond acceptors (Lipinski definition) is 3. The Balaban J connectivity index is 2.60. The second-order valence-electron chi connectivity index (χ2n) is 1.06. The van der Waals surface area contributed by atoms with Gasteiger partial charge in [0.1, 0.15) is 6.26 Å². The summed E-state index contributed by atoms with van der Waals surface area (Å²) in [7, 11) is -1.53. The molecule has 1 aliphatic rings. The molecule has 8 heavy (non-hydrogen) atoms. The van der Waals surface area contributed by atoms with Gasteiger partial charge in [-0.3, -0.25) is 4.79 Å². The maximum atomic E-state index is 10.4. The van der Waals surface area contributed by atoms with E-state index in [0.29, 0.717) is 0 Å². The molecule has 0 spiro atoms. The van der Waals surface area contributed by atoms with Crippen LogP contribution in [0.5, 0.6) is 0 Å². The van der Waals surface area contributed by atoms with Gasteiger partial charge in [-0.1, -0.05) is 11.2 Å². The molecule has 0 radical (unpaired) electrons. The minimum Gasteiger partial charge on any atom is -0.340 e. The van der Waals surface area contributed by atoms with Gasteiger partial charge in [0, 0.05) is 6.08 Å². The molecule has 1 aliphatic heterocycles. The standard InChI is InChI=1S/C3H2ClO3P/c4-8-3(5)1-2-6-7-8/h1-2H. The molecule has 5 heteroatoms. The Morgan fingerprint density at radius 1 is 1.75 bits per heavy atom. The molecule has 44 valence electrons. The predicted octanol–water partition coefficient (Wildman–Crippen LogP) is 1.54. The van der Waals surface area contributed by atoms with Crippen LogP contribution in [0, 0.1) is 0 Å². The largest absolute Gasteiger partial charge is 0.340 e. The van der Waals surface area contributed by atoms with Crippen LogP contribution in [-0.2, 0) is 14.4 Å². The molecule has 0 aromatic carbocycles. The molecular weight excluding hydrogens is 150 g/mol. The van der Waals surface area contributed by atoms with Gasteiger partial charge in [-0.05, 0) is 0 Å². The molecule has 0 saturated carbocycles. The normalized spacial score (nSPS) is 27.6. The van der Waals surface area contributed by atoms with E-state index >= 15 is 0 Å². The summed E-state index contributed by atoms with van der Waals surface area (Å²) < 4.78 is 4.28. The molecule has 1 unspecified atom stereocenters. The Hall–Kier alpha value is -0.110. The number of carbonyl (C=O) groups excluding carboxylic acids is 1. The first-order valence-electron chi connectivity index (χ1n) is 1.80. The molecule has 1 heterocycles. The first-order valence-corrected chi connectivity index (χ1v) is 3.97. The maximum Gasteiger partial charge on any atom is 0.252 e. The maximum absolute atomic E-state index is 10.4. The summed E-state index contributed by atoms with van der Waals surface area (Å²) in [6.45, 7) is 0. The lowest BCUT2D eigenvalue weighted by molar-refractivity contribution is -0.146. The van der Waals surface area contributed by atoms with E-state index < -0.39 is 7.50 Å². The highest BCUT2D eigenvalue weighted by atomic mass is 35.7. The number of allylic oxidation sites excluding steroid dienone is 1. The average molecular weight is 152 g/mol. The van der Waals surface area contributed by atoms with Crippen molar-refractivity contribution in [3.63, 3.8) is 0 Å². The van der Waals surface area contributed by atoms with Crippen LogP contribution < -0.4 is 0 Å². The van der Waals surface area contributed by atoms with Gasteiger partial charge in [-0.15, -0.1) is 4.67 Å². The summed E-state index contributed by atoms with van der Waals surface area (Å²) >= 11 is 5.28. The lowest BCUT2D eigenvalue weighted by Crippen LogP contribution is -1.94. The summed E-state index contributed by atoms with van der Waals surface area (Å²) in [5.74, 6) is 0. The highest BCUT2D eigenvalue weighted by Crippen LogP contribution is 2.45. The van der Waals surface area contributed by atoms with E-state index in [2.05, 4.69) is 9.56 Å². The first-order chi connectivity index (χ1) is 3.80. The van der Waals surface area contributed by atoms with Crippen molar-refractivity contribution >= 4 is 24.3 Å². The quantitative estimate of drug-likeness (QED) is 0.390. The van der Waals surface area contributed by atoms with Crippen LogP contribution in [0.1, 0.15) is 0 Å². The fourth-order valence-electron chi connectivity index (χ4n) is 0.244. The van der Waals surface area contributed by atoms with Crippen LogP contribution in [0.15, 0.2) is 12.3 Å². The van der Waals surface area contributed by atoms with Crippen LogP contribution in [0.25, 0.3) is 0 Å². The summed E-state index contributed by atoms with van der Waals surface area (Å²) in [6.07, 6.45) is 2.39. The van der Waals surface area contributed by atoms with Crippen molar-refractivity contribution < 1.29 is 14.4 Å². The third-order valence-electron chi connectivity index (χ3n) is 0.548. The van der Waals surface area contributed by atoms with Crippen molar-refractivity contribution in [1.29, 1.82) is 0 Å². The molecular formula is C3H2ClO3P. The summed E-state index contributed by atoms with van der Waals surface area (Å²) in [5.41, 5.74) is -0.229. The summed E-state index contributed by atoms with van der Waals surface area (Å²) in [5, 5.41) is 0. The first kappa shape index (κ1) is 6.02. The van der Waals surface area contributed by atoms with Gasteiger partial charge in [-0.2, -0.15) is 0 Å². The van der Waals surface area contributed by atoms with Gasteiger partial charge in [0.25, 0.3) is 7.50 Å². The molecule has 0 aromatic rings. The third kappa shape index (κ3) is 1.19. The topological polar surface area (TPSA) is 35.5 Å². The molecule has 3 nitrogen and oxygen atoms in total. The SMILES string of the molecule is O=C1C=COOP1Cl. The minimum atomic E-state index is -1.53. The molecule has 1 atom stereocenters. The van der Waals surface area contributed by atoms with Crippen molar-refractivity contribution in [3.05, 3.63) is 12.3 Å². The second-order valence-corrected chi connectivity index (χ2v) is 3.06. The van der Waals surface area contributed by atoms with Crippen molar-refractivity contribution in [2.45, 2.75) is 0 Å². The molecule has 1 rings (SSSR count). The Morgan fingerprint density at radius 2 is 2.50 bits per heavy atom. The highest BCUT2D eigenvalue weighted by molar-refractivity contribution is 7.93. The fourth-order valence-corrected chi connectivity index (χ4v) is 0.887. The number of halogens is 1. The van der Waals surface area contributed by atoms with Crippen LogP contribution in [0.4, 0.5) is 0 Å². The van der Waals surface area contributed by atoms with Gasteiger partial charge >= 0.3 is 0 Å². The van der Waals surface area contributed by atoms with E-state index in [1.165, 1.54) is 6.08 Å². The predicted molar refractivity (Wildman–Crippen MR) is 29.1 cm³/mol. The van der Waals surface area contributed by atoms with Gasteiger partial charge < -0.3 is 4.89 Å². The van der Waals surface area contributed by atoms with Gasteiger partial charge in [0.05, 0.1) is 0 Å². The summed E-state index contributed by atoms with van der Waals surface area (Å²) in [4.78, 5) is 14.6. The minimum absolute atomic E-state index is 0.229. The Labute approximate surface area is 51.8 Å². The smallest absolute Gasteiger partial charge is 0.252 e. The van der Waals surface area contributed by atoms with Crippen LogP contribution in [-0.4, -0.2) is 5.52 Å². The average Bonchev–Trinajstić information content (AvgIpc) is 1.77. The zero-order chi connectivity index (χ0) is 5.98. The Bertz CT molecular complexity index is 134. The highest BCUT2D eigenvalue weighted by Gasteiger charge is 2.18. The van der Waals surface area contributed by atoms with E-state index in [4.69, 9.17) is 11.2 Å². The van der Waals surface area contributed by atoms with E-state index in [-0.39, 0.29) is 5.52 Å². The number of carbonyl (C=O) groups is 1. The van der Waals surface area contributed by atoms with Crippen molar-refractivity contribution in [3.8, 4) is 0 Å². The van der Waals surface area contributed by atoms with Crippen LogP contribution >= 0.6 is 18.7 Å². The summed E-state index contributed by atoms with van der Waals surface area (Å²) in [6, 6.07) is 0. The Morgan fingerprint density at radius 3 is 2.88 bits per heavy atom. The lowest BCUT2D eigenvalue weighted by Gasteiger charge is -2.06. The van der Waals surface area contributed by atoms with Crippen LogP contribution in [0.3, 0.4) is 0 Å². The molecule has 0 saturated heterocycles. The van der Waals surface area contributed by atoms with Gasteiger partial charge in [0.2, 0.25) is 5.52 Å². The lowest BCUT2D eigenvalue weighted by atomic mass is 10.7. The Kier molecular flexibility index (Phi) is 1.84. The van der Waals surface area contributed by atoms with E-state index in [9.17, 15) is 4.79 Å². The van der Waals surface area contributed by atoms with Gasteiger partial charge in [-0.25, -0.2) is 0 Å². The van der Waals surface area contributed by atoms with Crippen molar-refractivity contribution in [1.82, 2.24) is 0 Å². The monoisotopic (exact) mass is 152 g/mol. The van der Waals surface area contributed by atoms with E-state index in [1.807, 2.05) is 0 Å². The van der Waals surface area contributed by atoms with E-state index in [0.717, 1.165) is 6.26 Å². The molecule has 0 bridgehead atoms. The zero-order valence-electron chi connectivity index (χ0n) is 3.70. The molecule has 0 amide bonds. The van der Waals surface area contributed by atoms with Crippen molar-refractivity contribution in [2.75, 3.05) is 0 Å². The molecule has 0 aromatic heterocycles. The molecule has 0 fully saturated rings. The fraction of sp³-hybridized carbons (Fsp3) is 0. The van der Waals surface area contributed by atoms with Crippen molar-refractivity contribution in [2.24, 2.45) is 0 Å². The zero-order valence-corrected chi connectivity index (χ0v) is 5.35. The third-order valence-corrected chi connectivity index (χ3v) is 1.93. The number of rotatable bonds is 0. The second kappa shape index (κ2) is 2.44. The molecule has 0 N–H and O–H groups in total. The number of hydrogen-bond donors (Lipinski definition) is 0. The molecule has 0 aliphatic carbocycles.